The van der Waals surface area contributed by atoms with Crippen LogP contribution in [-0.4, -0.2) is 16.6 Å². The highest BCUT2D eigenvalue weighted by Gasteiger charge is 2.10. The van der Waals surface area contributed by atoms with Gasteiger partial charge in [-0.2, -0.15) is 0 Å². The molecule has 1 aromatic carbocycles. The molecule has 0 aliphatic carbocycles. The lowest BCUT2D eigenvalue weighted by atomic mass is 10.2. The highest BCUT2D eigenvalue weighted by molar-refractivity contribution is 9.10. The lowest BCUT2D eigenvalue weighted by molar-refractivity contribution is -0.148. The maximum absolute atomic E-state index is 11.6. The second-order valence-corrected chi connectivity index (χ2v) is 5.02. The maximum atomic E-state index is 11.6. The fourth-order valence-electron chi connectivity index (χ4n) is 1.77. The van der Waals surface area contributed by atoms with Gasteiger partial charge >= 0.3 is 5.97 Å². The lowest BCUT2D eigenvalue weighted by Crippen LogP contribution is -2.16. The first-order chi connectivity index (χ1) is 8.08. The largest absolute Gasteiger partial charge is 0.462 e. The number of aromatic nitrogens is 1. The van der Waals surface area contributed by atoms with Crippen LogP contribution in [0.3, 0.4) is 0 Å². The summed E-state index contributed by atoms with van der Waals surface area (Å²) in [5, 5.41) is 1.10. The second-order valence-electron chi connectivity index (χ2n) is 4.16. The Morgan fingerprint density at radius 3 is 2.82 bits per heavy atom. The Kier molecular flexibility index (Phi) is 3.52. The average molecular weight is 296 g/mol. The number of halogens is 1. The highest BCUT2D eigenvalue weighted by atomic mass is 79.9. The number of carbonyl (C=O) groups excluding carboxylic acids is 1. The molecule has 3 nitrogen and oxygen atoms in total. The third-order valence-corrected chi connectivity index (χ3v) is 3.04. The number of esters is 1. The van der Waals surface area contributed by atoms with E-state index < -0.39 is 0 Å². The van der Waals surface area contributed by atoms with Gasteiger partial charge in [-0.25, -0.2) is 0 Å². The molecule has 2 rings (SSSR count). The zero-order valence-electron chi connectivity index (χ0n) is 9.81. The Morgan fingerprint density at radius 2 is 2.12 bits per heavy atom. The molecule has 0 aliphatic rings. The number of carbonyl (C=O) groups is 1. The summed E-state index contributed by atoms with van der Waals surface area (Å²) in [5.41, 5.74) is 1.03. The third kappa shape index (κ3) is 2.69. The highest BCUT2D eigenvalue weighted by Crippen LogP contribution is 2.25. The van der Waals surface area contributed by atoms with E-state index in [4.69, 9.17) is 4.74 Å². The number of hydrogen-bond acceptors (Lipinski definition) is 2. The minimum absolute atomic E-state index is 0.0761. The van der Waals surface area contributed by atoms with Crippen molar-refractivity contribution in [1.82, 2.24) is 4.57 Å². The zero-order chi connectivity index (χ0) is 12.4. The molecule has 0 N–H and O–H groups in total. The molecule has 2 aromatic rings. The van der Waals surface area contributed by atoms with E-state index in [0.29, 0.717) is 0 Å². The first-order valence-electron chi connectivity index (χ1n) is 5.51. The summed E-state index contributed by atoms with van der Waals surface area (Å²) < 4.78 is 8.02. The molecule has 0 aliphatic heterocycles. The average Bonchev–Trinajstić information content (AvgIpc) is 2.55. The number of rotatable bonds is 3. The SMILES string of the molecule is CC(C)OC(=O)Cn1cc(Br)c2ccccc21. The topological polar surface area (TPSA) is 31.2 Å². The van der Waals surface area contributed by atoms with Crippen molar-refractivity contribution in [1.29, 1.82) is 0 Å². The first-order valence-corrected chi connectivity index (χ1v) is 6.30. The van der Waals surface area contributed by atoms with Gasteiger partial charge in [-0.15, -0.1) is 0 Å². The van der Waals surface area contributed by atoms with E-state index in [1.807, 2.05) is 48.9 Å². The Bertz CT molecular complexity index is 545. The molecule has 0 saturated carbocycles. The summed E-state index contributed by atoms with van der Waals surface area (Å²) in [5.74, 6) is -0.215. The van der Waals surface area contributed by atoms with Crippen molar-refractivity contribution < 1.29 is 9.53 Å². The van der Waals surface area contributed by atoms with Gasteiger partial charge in [-0.05, 0) is 35.8 Å². The lowest BCUT2D eigenvalue weighted by Gasteiger charge is -2.09. The molecule has 17 heavy (non-hydrogen) atoms. The van der Waals surface area contributed by atoms with Crippen molar-refractivity contribution in [3.05, 3.63) is 34.9 Å². The van der Waals surface area contributed by atoms with Gasteiger partial charge in [0, 0.05) is 21.6 Å². The molecule has 0 radical (unpaired) electrons. The van der Waals surface area contributed by atoms with E-state index >= 15 is 0 Å². The van der Waals surface area contributed by atoms with Crippen LogP contribution in [0.5, 0.6) is 0 Å². The van der Waals surface area contributed by atoms with Gasteiger partial charge in [0.05, 0.1) is 6.10 Å². The van der Waals surface area contributed by atoms with E-state index in [0.717, 1.165) is 15.4 Å². The van der Waals surface area contributed by atoms with Crippen molar-refractivity contribution >= 4 is 32.8 Å². The predicted molar refractivity (Wildman–Crippen MR) is 70.9 cm³/mol. The van der Waals surface area contributed by atoms with Crippen LogP contribution in [-0.2, 0) is 16.1 Å². The fraction of sp³-hybridized carbons (Fsp3) is 0.308. The number of benzene rings is 1. The summed E-state index contributed by atoms with van der Waals surface area (Å²) in [6.45, 7) is 3.94. The van der Waals surface area contributed by atoms with Crippen LogP contribution in [0.1, 0.15) is 13.8 Å². The number of hydrogen-bond donors (Lipinski definition) is 0. The molecule has 1 aromatic heterocycles. The fourth-order valence-corrected chi connectivity index (χ4v) is 2.35. The minimum Gasteiger partial charge on any atom is -0.462 e. The molecule has 0 amide bonds. The Hall–Kier alpha value is -1.29. The third-order valence-electron chi connectivity index (χ3n) is 2.41. The molecule has 0 bridgehead atoms. The molecule has 0 spiro atoms. The van der Waals surface area contributed by atoms with E-state index in [1.165, 1.54) is 0 Å². The Labute approximate surface area is 108 Å². The maximum Gasteiger partial charge on any atom is 0.326 e. The van der Waals surface area contributed by atoms with Gasteiger partial charge in [-0.3, -0.25) is 4.79 Å². The molecule has 1 heterocycles. The standard InChI is InChI=1S/C13H14BrNO2/c1-9(2)17-13(16)8-15-7-11(14)10-5-3-4-6-12(10)15/h3-7,9H,8H2,1-2H3. The molecular weight excluding hydrogens is 282 g/mol. The van der Waals surface area contributed by atoms with Gasteiger partial charge < -0.3 is 9.30 Å². The van der Waals surface area contributed by atoms with Crippen LogP contribution in [0.15, 0.2) is 34.9 Å². The Morgan fingerprint density at radius 1 is 1.41 bits per heavy atom. The summed E-state index contributed by atoms with van der Waals surface area (Å²) in [7, 11) is 0. The van der Waals surface area contributed by atoms with Gasteiger partial charge in [0.2, 0.25) is 0 Å². The normalized spacial score (nSPS) is 11.1. The molecule has 0 unspecified atom stereocenters. The summed E-state index contributed by atoms with van der Waals surface area (Å²) in [6, 6.07) is 7.94. The van der Waals surface area contributed by atoms with Crippen LogP contribution in [0.4, 0.5) is 0 Å². The molecular formula is C13H14BrNO2. The van der Waals surface area contributed by atoms with Crippen LogP contribution < -0.4 is 0 Å². The number of fused-ring (bicyclic) bond motifs is 1. The van der Waals surface area contributed by atoms with Gasteiger partial charge in [0.1, 0.15) is 6.54 Å². The number of ether oxygens (including phenoxy) is 1. The van der Waals surface area contributed by atoms with Crippen molar-refractivity contribution in [2.24, 2.45) is 0 Å². The Balaban J connectivity index is 2.27. The number of para-hydroxylation sites is 1. The summed E-state index contributed by atoms with van der Waals surface area (Å²) in [6.07, 6.45) is 1.83. The van der Waals surface area contributed by atoms with E-state index in [2.05, 4.69) is 15.9 Å². The number of nitrogens with zero attached hydrogens (tertiary/aromatic N) is 1. The second kappa shape index (κ2) is 4.92. The molecule has 4 heteroatoms. The summed E-state index contributed by atoms with van der Waals surface area (Å²) in [4.78, 5) is 11.6. The van der Waals surface area contributed by atoms with E-state index in [-0.39, 0.29) is 18.6 Å². The van der Waals surface area contributed by atoms with Crippen LogP contribution in [0.25, 0.3) is 10.9 Å². The predicted octanol–water partition coefficient (Wildman–Crippen LogP) is 3.36. The quantitative estimate of drug-likeness (QED) is 0.813. The summed E-state index contributed by atoms with van der Waals surface area (Å²) >= 11 is 3.49. The van der Waals surface area contributed by atoms with Crippen molar-refractivity contribution in [2.75, 3.05) is 0 Å². The zero-order valence-corrected chi connectivity index (χ0v) is 11.4. The van der Waals surface area contributed by atoms with Crippen molar-refractivity contribution in [2.45, 2.75) is 26.5 Å². The minimum atomic E-state index is -0.215. The molecule has 0 fully saturated rings. The van der Waals surface area contributed by atoms with Gasteiger partial charge in [0.15, 0.2) is 0 Å². The van der Waals surface area contributed by atoms with Crippen LogP contribution in [0, 0.1) is 0 Å². The van der Waals surface area contributed by atoms with E-state index in [1.54, 1.807) is 0 Å². The monoisotopic (exact) mass is 295 g/mol. The van der Waals surface area contributed by atoms with Gasteiger partial charge in [-0.1, -0.05) is 18.2 Å². The van der Waals surface area contributed by atoms with Gasteiger partial charge in [0.25, 0.3) is 0 Å². The van der Waals surface area contributed by atoms with Crippen LogP contribution in [0.2, 0.25) is 0 Å². The van der Waals surface area contributed by atoms with Crippen LogP contribution >= 0.6 is 15.9 Å². The molecule has 0 saturated heterocycles. The first kappa shape index (κ1) is 12.2. The van der Waals surface area contributed by atoms with E-state index in [9.17, 15) is 4.79 Å². The molecule has 90 valence electrons. The van der Waals surface area contributed by atoms with Crippen molar-refractivity contribution in [3.8, 4) is 0 Å². The van der Waals surface area contributed by atoms with Crippen molar-refractivity contribution in [3.63, 3.8) is 0 Å². The smallest absolute Gasteiger partial charge is 0.326 e. The molecule has 0 atom stereocenters.